The summed E-state index contributed by atoms with van der Waals surface area (Å²) < 4.78 is 27.5. The lowest BCUT2D eigenvalue weighted by Gasteiger charge is -2.06. The zero-order valence-electron chi connectivity index (χ0n) is 17.7. The number of fused-ring (bicyclic) bond motifs is 1. The van der Waals surface area contributed by atoms with E-state index in [0.717, 1.165) is 11.3 Å². The summed E-state index contributed by atoms with van der Waals surface area (Å²) in [6.45, 7) is 0.414. The van der Waals surface area contributed by atoms with Crippen molar-refractivity contribution in [2.75, 3.05) is 6.26 Å². The minimum absolute atomic E-state index is 0.156. The third-order valence-electron chi connectivity index (χ3n) is 5.71. The molecule has 0 amide bonds. The van der Waals surface area contributed by atoms with Crippen LogP contribution in [0.2, 0.25) is 0 Å². The van der Waals surface area contributed by atoms with E-state index in [9.17, 15) is 13.2 Å². The SMILES string of the molecule is CS(=O)(=O)c1ccccc1CCC(=O)c1cn(Cc2cn3cc(C4CC4)ccc3n2)nn1. The predicted octanol–water partition coefficient (Wildman–Crippen LogP) is 3.07. The van der Waals surface area contributed by atoms with E-state index in [1.54, 1.807) is 35.1 Å². The second-order valence-corrected chi connectivity index (χ2v) is 10.3. The summed E-state index contributed by atoms with van der Waals surface area (Å²) in [5.41, 5.74) is 3.95. The molecule has 0 radical (unpaired) electrons. The van der Waals surface area contributed by atoms with Crippen LogP contribution < -0.4 is 0 Å². The largest absolute Gasteiger partial charge is 0.306 e. The molecule has 8 nitrogen and oxygen atoms in total. The van der Waals surface area contributed by atoms with E-state index in [4.69, 9.17) is 0 Å². The molecule has 4 aromatic rings. The summed E-state index contributed by atoms with van der Waals surface area (Å²) in [7, 11) is -3.34. The van der Waals surface area contributed by atoms with Gasteiger partial charge in [0, 0.05) is 25.1 Å². The van der Waals surface area contributed by atoms with Gasteiger partial charge >= 0.3 is 0 Å². The topological polar surface area (TPSA) is 99.2 Å². The Morgan fingerprint density at radius 1 is 1.09 bits per heavy atom. The van der Waals surface area contributed by atoms with Gasteiger partial charge in [-0.15, -0.1) is 5.10 Å². The van der Waals surface area contributed by atoms with Crippen LogP contribution in [0.25, 0.3) is 5.65 Å². The molecule has 0 atom stereocenters. The predicted molar refractivity (Wildman–Crippen MR) is 118 cm³/mol. The van der Waals surface area contributed by atoms with Gasteiger partial charge in [-0.05, 0) is 48.4 Å². The van der Waals surface area contributed by atoms with Crippen molar-refractivity contribution in [1.82, 2.24) is 24.4 Å². The number of sulfone groups is 1. The molecule has 5 rings (SSSR count). The smallest absolute Gasteiger partial charge is 0.185 e. The lowest BCUT2D eigenvalue weighted by Crippen LogP contribution is -2.06. The molecule has 0 aliphatic heterocycles. The molecule has 1 aliphatic rings. The van der Waals surface area contributed by atoms with Gasteiger partial charge in [0.2, 0.25) is 0 Å². The monoisotopic (exact) mass is 449 g/mol. The van der Waals surface area contributed by atoms with E-state index in [1.807, 2.05) is 16.7 Å². The summed E-state index contributed by atoms with van der Waals surface area (Å²) in [6.07, 6.45) is 9.88. The van der Waals surface area contributed by atoms with E-state index in [-0.39, 0.29) is 22.8 Å². The number of nitrogens with zero attached hydrogens (tertiary/aromatic N) is 5. The zero-order chi connectivity index (χ0) is 22.3. The lowest BCUT2D eigenvalue weighted by atomic mass is 10.1. The number of benzene rings is 1. The van der Waals surface area contributed by atoms with Gasteiger partial charge in [0.05, 0.1) is 23.3 Å². The third-order valence-corrected chi connectivity index (χ3v) is 6.91. The van der Waals surface area contributed by atoms with Crippen LogP contribution in [0.1, 0.15) is 52.5 Å². The van der Waals surface area contributed by atoms with Crippen molar-refractivity contribution in [2.24, 2.45) is 0 Å². The van der Waals surface area contributed by atoms with Gasteiger partial charge in [-0.3, -0.25) is 4.79 Å². The Balaban J connectivity index is 1.26. The Morgan fingerprint density at radius 2 is 1.91 bits per heavy atom. The molecule has 0 unspecified atom stereocenters. The van der Waals surface area contributed by atoms with Gasteiger partial charge < -0.3 is 4.40 Å². The number of pyridine rings is 1. The average Bonchev–Trinajstić information content (AvgIpc) is 3.38. The normalized spacial score (nSPS) is 14.2. The lowest BCUT2D eigenvalue weighted by molar-refractivity contribution is 0.0977. The molecule has 1 saturated carbocycles. The van der Waals surface area contributed by atoms with Crippen molar-refractivity contribution < 1.29 is 13.2 Å². The molecule has 1 aliphatic carbocycles. The van der Waals surface area contributed by atoms with Gasteiger partial charge in [-0.1, -0.05) is 29.5 Å². The Kier molecular flexibility index (Phi) is 5.13. The maximum atomic E-state index is 12.6. The quantitative estimate of drug-likeness (QED) is 0.383. The van der Waals surface area contributed by atoms with Gasteiger partial charge in [-0.2, -0.15) is 0 Å². The highest BCUT2D eigenvalue weighted by atomic mass is 32.2. The second-order valence-electron chi connectivity index (χ2n) is 8.34. The van der Waals surface area contributed by atoms with Gasteiger partial charge in [0.15, 0.2) is 15.6 Å². The highest BCUT2D eigenvalue weighted by molar-refractivity contribution is 7.90. The van der Waals surface area contributed by atoms with E-state index in [0.29, 0.717) is 24.4 Å². The second kappa shape index (κ2) is 7.98. The molecule has 0 bridgehead atoms. The number of ketones is 1. The van der Waals surface area contributed by atoms with E-state index < -0.39 is 9.84 Å². The van der Waals surface area contributed by atoms with Crippen molar-refractivity contribution >= 4 is 21.3 Å². The summed E-state index contributed by atoms with van der Waals surface area (Å²) in [5.74, 6) is 0.502. The first kappa shape index (κ1) is 20.6. The first-order valence-electron chi connectivity index (χ1n) is 10.6. The van der Waals surface area contributed by atoms with Gasteiger partial charge in [0.25, 0.3) is 0 Å². The molecular weight excluding hydrogens is 426 g/mol. The first-order chi connectivity index (χ1) is 15.4. The van der Waals surface area contributed by atoms with Crippen LogP contribution in [0.4, 0.5) is 0 Å². The number of imidazole rings is 1. The molecule has 0 saturated heterocycles. The van der Waals surface area contributed by atoms with Gasteiger partial charge in [-0.25, -0.2) is 18.1 Å². The van der Waals surface area contributed by atoms with Crippen LogP contribution in [0.3, 0.4) is 0 Å². The van der Waals surface area contributed by atoms with Crippen LogP contribution in [0, 0.1) is 0 Å². The van der Waals surface area contributed by atoms with E-state index in [2.05, 4.69) is 27.6 Å². The number of hydrogen-bond acceptors (Lipinski definition) is 6. The Morgan fingerprint density at radius 3 is 2.69 bits per heavy atom. The zero-order valence-corrected chi connectivity index (χ0v) is 18.5. The van der Waals surface area contributed by atoms with Crippen molar-refractivity contribution in [3.05, 3.63) is 77.5 Å². The summed E-state index contributed by atoms with van der Waals surface area (Å²) in [5, 5.41) is 8.08. The summed E-state index contributed by atoms with van der Waals surface area (Å²) in [6, 6.07) is 10.9. The minimum atomic E-state index is -3.34. The first-order valence-corrected chi connectivity index (χ1v) is 12.4. The Hall–Kier alpha value is -3.33. The van der Waals surface area contributed by atoms with Crippen molar-refractivity contribution in [2.45, 2.75) is 43.0 Å². The van der Waals surface area contributed by atoms with Crippen LogP contribution in [0.5, 0.6) is 0 Å². The molecule has 0 N–H and O–H groups in total. The van der Waals surface area contributed by atoms with Crippen LogP contribution in [0.15, 0.2) is 59.9 Å². The highest BCUT2D eigenvalue weighted by Crippen LogP contribution is 2.39. The van der Waals surface area contributed by atoms with E-state index in [1.165, 1.54) is 24.7 Å². The fraction of sp³-hybridized carbons (Fsp3) is 0.304. The Labute approximate surface area is 185 Å². The number of hydrogen-bond donors (Lipinski definition) is 0. The Bertz CT molecular complexity index is 1420. The highest BCUT2D eigenvalue weighted by Gasteiger charge is 2.23. The van der Waals surface area contributed by atoms with E-state index >= 15 is 0 Å². The standard InChI is InChI=1S/C23H23N5O3S/c1-32(30,31)22-5-3-2-4-17(22)8-10-21(29)20-15-28(26-25-20)14-19-13-27-12-18(16-6-7-16)9-11-23(27)24-19/h2-5,9,11-13,15-16H,6-8,10,14H2,1H3. The summed E-state index contributed by atoms with van der Waals surface area (Å²) >= 11 is 0. The molecule has 3 heterocycles. The molecular formula is C23H23N5O3S. The fourth-order valence-corrected chi connectivity index (χ4v) is 4.89. The van der Waals surface area contributed by atoms with Crippen molar-refractivity contribution in [3.8, 4) is 0 Å². The molecule has 164 valence electrons. The van der Waals surface area contributed by atoms with Crippen LogP contribution in [-0.4, -0.2) is 44.8 Å². The third kappa shape index (κ3) is 4.34. The fourth-order valence-electron chi connectivity index (χ4n) is 3.91. The number of rotatable bonds is 8. The number of Topliss-reactive ketones (excluding diaryl/α,β-unsaturated/α-hetero) is 1. The molecule has 32 heavy (non-hydrogen) atoms. The number of carbonyl (C=O) groups excluding carboxylic acids is 1. The number of aryl methyl sites for hydroxylation is 1. The van der Waals surface area contributed by atoms with Crippen LogP contribution >= 0.6 is 0 Å². The average molecular weight is 450 g/mol. The number of aromatic nitrogens is 5. The summed E-state index contributed by atoms with van der Waals surface area (Å²) in [4.78, 5) is 17.5. The molecule has 0 spiro atoms. The van der Waals surface area contributed by atoms with Gasteiger partial charge in [0.1, 0.15) is 11.3 Å². The minimum Gasteiger partial charge on any atom is -0.306 e. The maximum Gasteiger partial charge on any atom is 0.185 e. The molecule has 1 aromatic carbocycles. The van der Waals surface area contributed by atoms with Crippen molar-refractivity contribution in [1.29, 1.82) is 0 Å². The maximum absolute atomic E-state index is 12.6. The molecule has 9 heteroatoms. The van der Waals surface area contributed by atoms with Crippen LogP contribution in [-0.2, 0) is 22.8 Å². The van der Waals surface area contributed by atoms with Crippen molar-refractivity contribution in [3.63, 3.8) is 0 Å². The molecule has 1 fully saturated rings. The molecule has 3 aromatic heterocycles. The number of carbonyl (C=O) groups is 1.